The lowest BCUT2D eigenvalue weighted by Crippen LogP contribution is -2.59. The Kier molecular flexibility index (Phi) is 2.97. The lowest BCUT2D eigenvalue weighted by molar-refractivity contribution is -0.0504. The van der Waals surface area contributed by atoms with E-state index in [2.05, 4.69) is 49.4 Å². The Morgan fingerprint density at radius 1 is 1.26 bits per heavy atom. The van der Waals surface area contributed by atoms with Crippen molar-refractivity contribution in [2.45, 2.75) is 63.8 Å². The predicted octanol–water partition coefficient (Wildman–Crippen LogP) is 3.67. The Balaban J connectivity index is 1.77. The molecule has 0 radical (unpaired) electrons. The molecule has 0 aromatic carbocycles. The average Bonchev–Trinajstić information content (AvgIpc) is 2.25. The quantitative estimate of drug-likeness (QED) is 0.894. The molecule has 1 spiro atoms. The standard InChI is InChI=1S/C17H26N2/c1-15(2,3)19-13-17(14-6-4-9-18-10-14)11-16(12-17)7-5-8-16/h4,6,9-10,19H,5,7-8,11-13H2,1-3H3. The SMILES string of the molecule is CC(C)(C)NCC1(c2cccnc2)CC2(CCC2)C1. The molecule has 2 fully saturated rings. The van der Waals surface area contributed by atoms with Gasteiger partial charge in [0.1, 0.15) is 0 Å². The number of aromatic nitrogens is 1. The zero-order valence-corrected chi connectivity index (χ0v) is 12.5. The van der Waals surface area contributed by atoms with E-state index in [9.17, 15) is 0 Å². The van der Waals surface area contributed by atoms with E-state index in [0.717, 1.165) is 6.54 Å². The summed E-state index contributed by atoms with van der Waals surface area (Å²) in [6.07, 6.45) is 11.0. The molecule has 2 heteroatoms. The van der Waals surface area contributed by atoms with Gasteiger partial charge >= 0.3 is 0 Å². The smallest absolute Gasteiger partial charge is 0.0306 e. The van der Waals surface area contributed by atoms with Gasteiger partial charge in [0.2, 0.25) is 0 Å². The average molecular weight is 258 g/mol. The summed E-state index contributed by atoms with van der Waals surface area (Å²) in [6.45, 7) is 7.84. The summed E-state index contributed by atoms with van der Waals surface area (Å²) in [5.41, 5.74) is 2.65. The van der Waals surface area contributed by atoms with Gasteiger partial charge in [0, 0.05) is 29.9 Å². The van der Waals surface area contributed by atoms with E-state index in [-0.39, 0.29) is 5.54 Å². The Bertz CT molecular complexity index is 432. The molecule has 104 valence electrons. The van der Waals surface area contributed by atoms with Crippen LogP contribution in [-0.2, 0) is 5.41 Å². The second-order valence-electron chi connectivity index (χ2n) is 7.83. The summed E-state index contributed by atoms with van der Waals surface area (Å²) >= 11 is 0. The topological polar surface area (TPSA) is 24.9 Å². The van der Waals surface area contributed by atoms with Gasteiger partial charge in [-0.15, -0.1) is 0 Å². The van der Waals surface area contributed by atoms with Crippen molar-refractivity contribution in [1.82, 2.24) is 10.3 Å². The molecule has 0 atom stereocenters. The minimum Gasteiger partial charge on any atom is -0.311 e. The molecule has 2 saturated carbocycles. The first-order chi connectivity index (χ1) is 8.93. The van der Waals surface area contributed by atoms with Gasteiger partial charge in [-0.3, -0.25) is 4.98 Å². The van der Waals surface area contributed by atoms with E-state index in [1.54, 1.807) is 0 Å². The van der Waals surface area contributed by atoms with Crippen molar-refractivity contribution in [3.05, 3.63) is 30.1 Å². The van der Waals surface area contributed by atoms with Crippen LogP contribution in [0.3, 0.4) is 0 Å². The Labute approximate surface area is 117 Å². The zero-order chi connectivity index (χ0) is 13.6. The maximum Gasteiger partial charge on any atom is 0.0306 e. The van der Waals surface area contributed by atoms with Crippen LogP contribution in [0.2, 0.25) is 0 Å². The van der Waals surface area contributed by atoms with E-state index in [0.29, 0.717) is 10.8 Å². The molecular formula is C17H26N2. The molecule has 3 rings (SSSR count). The largest absolute Gasteiger partial charge is 0.311 e. The van der Waals surface area contributed by atoms with Gasteiger partial charge < -0.3 is 5.32 Å². The van der Waals surface area contributed by atoms with E-state index >= 15 is 0 Å². The fourth-order valence-corrected chi connectivity index (χ4v) is 3.96. The van der Waals surface area contributed by atoms with Crippen LogP contribution < -0.4 is 5.32 Å². The van der Waals surface area contributed by atoms with E-state index in [1.807, 2.05) is 6.20 Å². The minimum absolute atomic E-state index is 0.192. The lowest BCUT2D eigenvalue weighted by atomic mass is 9.44. The molecular weight excluding hydrogens is 232 g/mol. The third-order valence-corrected chi connectivity index (χ3v) is 5.07. The van der Waals surface area contributed by atoms with Crippen molar-refractivity contribution in [1.29, 1.82) is 0 Å². The van der Waals surface area contributed by atoms with Gasteiger partial charge in [0.25, 0.3) is 0 Å². The number of rotatable bonds is 3. The van der Waals surface area contributed by atoms with Crippen LogP contribution >= 0.6 is 0 Å². The summed E-state index contributed by atoms with van der Waals surface area (Å²) in [6, 6.07) is 4.35. The van der Waals surface area contributed by atoms with E-state index < -0.39 is 0 Å². The van der Waals surface area contributed by atoms with Crippen molar-refractivity contribution in [3.63, 3.8) is 0 Å². The third-order valence-electron chi connectivity index (χ3n) is 5.07. The van der Waals surface area contributed by atoms with Crippen molar-refractivity contribution < 1.29 is 0 Å². The van der Waals surface area contributed by atoms with Gasteiger partial charge in [-0.2, -0.15) is 0 Å². The highest BCUT2D eigenvalue weighted by molar-refractivity contribution is 5.30. The molecule has 0 saturated heterocycles. The second-order valence-corrected chi connectivity index (χ2v) is 7.83. The van der Waals surface area contributed by atoms with Crippen LogP contribution in [0, 0.1) is 5.41 Å². The van der Waals surface area contributed by atoms with Crippen molar-refractivity contribution >= 4 is 0 Å². The minimum atomic E-state index is 0.192. The number of nitrogens with one attached hydrogen (secondary N) is 1. The Morgan fingerprint density at radius 2 is 2.00 bits per heavy atom. The molecule has 1 aromatic heterocycles. The van der Waals surface area contributed by atoms with Crippen LogP contribution in [0.1, 0.15) is 58.4 Å². The summed E-state index contributed by atoms with van der Waals surface area (Å²) in [4.78, 5) is 4.34. The normalized spacial score (nSPS) is 23.7. The van der Waals surface area contributed by atoms with E-state index in [4.69, 9.17) is 0 Å². The van der Waals surface area contributed by atoms with Gasteiger partial charge in [0.15, 0.2) is 0 Å². The van der Waals surface area contributed by atoms with Crippen LogP contribution in [0.5, 0.6) is 0 Å². The molecule has 0 aliphatic heterocycles. The van der Waals surface area contributed by atoms with Crippen LogP contribution in [0.25, 0.3) is 0 Å². The molecule has 1 heterocycles. The van der Waals surface area contributed by atoms with Gasteiger partial charge in [-0.25, -0.2) is 0 Å². The highest BCUT2D eigenvalue weighted by Gasteiger charge is 2.57. The molecule has 0 bridgehead atoms. The first-order valence-corrected chi connectivity index (χ1v) is 7.59. The van der Waals surface area contributed by atoms with Crippen LogP contribution in [-0.4, -0.2) is 17.1 Å². The fourth-order valence-electron chi connectivity index (χ4n) is 3.96. The van der Waals surface area contributed by atoms with Gasteiger partial charge in [0.05, 0.1) is 0 Å². The zero-order valence-electron chi connectivity index (χ0n) is 12.5. The van der Waals surface area contributed by atoms with Crippen LogP contribution in [0.15, 0.2) is 24.5 Å². The van der Waals surface area contributed by atoms with Crippen molar-refractivity contribution in [2.24, 2.45) is 5.41 Å². The van der Waals surface area contributed by atoms with Gasteiger partial charge in [-0.05, 0) is 63.5 Å². The molecule has 2 aliphatic rings. The summed E-state index contributed by atoms with van der Waals surface area (Å²) in [7, 11) is 0. The Hall–Kier alpha value is -0.890. The molecule has 2 aliphatic carbocycles. The van der Waals surface area contributed by atoms with Crippen molar-refractivity contribution in [2.75, 3.05) is 6.54 Å². The first kappa shape index (κ1) is 13.1. The second kappa shape index (κ2) is 4.31. The number of hydrogen-bond donors (Lipinski definition) is 1. The van der Waals surface area contributed by atoms with E-state index in [1.165, 1.54) is 37.7 Å². The van der Waals surface area contributed by atoms with Gasteiger partial charge in [-0.1, -0.05) is 12.5 Å². The molecule has 2 nitrogen and oxygen atoms in total. The maximum atomic E-state index is 4.34. The van der Waals surface area contributed by atoms with Crippen LogP contribution in [0.4, 0.5) is 0 Å². The Morgan fingerprint density at radius 3 is 2.47 bits per heavy atom. The first-order valence-electron chi connectivity index (χ1n) is 7.59. The highest BCUT2D eigenvalue weighted by Crippen LogP contribution is 2.64. The summed E-state index contributed by atoms with van der Waals surface area (Å²) in [5, 5.41) is 3.72. The number of nitrogens with zero attached hydrogens (tertiary/aromatic N) is 1. The monoisotopic (exact) mass is 258 g/mol. The predicted molar refractivity (Wildman–Crippen MR) is 79.2 cm³/mol. The number of hydrogen-bond acceptors (Lipinski definition) is 2. The van der Waals surface area contributed by atoms with Crippen molar-refractivity contribution in [3.8, 4) is 0 Å². The molecule has 0 amide bonds. The molecule has 19 heavy (non-hydrogen) atoms. The summed E-state index contributed by atoms with van der Waals surface area (Å²) in [5.74, 6) is 0. The molecule has 0 unspecified atom stereocenters. The molecule has 1 aromatic rings. The summed E-state index contributed by atoms with van der Waals surface area (Å²) < 4.78 is 0. The highest BCUT2D eigenvalue weighted by atomic mass is 15.0. The fraction of sp³-hybridized carbons (Fsp3) is 0.706. The third kappa shape index (κ3) is 2.43. The lowest BCUT2D eigenvalue weighted by Gasteiger charge is -2.62. The number of pyridine rings is 1. The molecule has 1 N–H and O–H groups in total. The maximum absolute atomic E-state index is 4.34.